The summed E-state index contributed by atoms with van der Waals surface area (Å²) in [4.78, 5) is 0. The largest absolute Gasteiger partial charge is 0.496 e. The van der Waals surface area contributed by atoms with Gasteiger partial charge >= 0.3 is 0 Å². The first-order valence-corrected chi connectivity index (χ1v) is 13.9. The fraction of sp³-hybridized carbons (Fsp3) is 0.259. The summed E-state index contributed by atoms with van der Waals surface area (Å²) in [5, 5.41) is 0. The van der Waals surface area contributed by atoms with Crippen LogP contribution in [0.1, 0.15) is 39.3 Å². The minimum absolute atomic E-state index is 0.119. The Bertz CT molecular complexity index is 1180. The summed E-state index contributed by atoms with van der Waals surface area (Å²) in [6.45, 7) is 6.89. The van der Waals surface area contributed by atoms with Crippen molar-refractivity contribution >= 4 is 8.07 Å². The summed E-state index contributed by atoms with van der Waals surface area (Å²) in [6.07, 6.45) is 0. The van der Waals surface area contributed by atoms with Gasteiger partial charge in [0.2, 0.25) is 0 Å². The molecular formula is C27H26O2Si. The van der Waals surface area contributed by atoms with Gasteiger partial charge in [0.15, 0.2) is 0 Å². The molecule has 0 aliphatic heterocycles. The highest BCUT2D eigenvalue weighted by Gasteiger charge is 2.53. The molecule has 0 radical (unpaired) electrons. The lowest BCUT2D eigenvalue weighted by atomic mass is 9.53. The van der Waals surface area contributed by atoms with Crippen LogP contribution in [0.5, 0.6) is 11.5 Å². The van der Waals surface area contributed by atoms with Crippen LogP contribution < -0.4 is 9.47 Å². The van der Waals surface area contributed by atoms with Crippen LogP contribution in [0.25, 0.3) is 0 Å². The normalized spacial score (nSPS) is 20.4. The lowest BCUT2D eigenvalue weighted by Gasteiger charge is -2.48. The van der Waals surface area contributed by atoms with E-state index >= 15 is 0 Å². The van der Waals surface area contributed by atoms with Crippen LogP contribution in [0.15, 0.2) is 60.7 Å². The Morgan fingerprint density at radius 2 is 1.30 bits per heavy atom. The molecule has 0 aromatic heterocycles. The summed E-state index contributed by atoms with van der Waals surface area (Å²) in [5.41, 5.74) is 10.7. The lowest BCUT2D eigenvalue weighted by molar-refractivity contribution is 0.385. The maximum Gasteiger partial charge on any atom is 0.129 e. The zero-order chi connectivity index (χ0) is 21.1. The van der Waals surface area contributed by atoms with E-state index in [2.05, 4.69) is 79.6 Å². The van der Waals surface area contributed by atoms with Gasteiger partial charge in [0.1, 0.15) is 25.0 Å². The van der Waals surface area contributed by atoms with Gasteiger partial charge in [-0.1, -0.05) is 74.1 Å². The maximum atomic E-state index is 5.94. The minimum atomic E-state index is -1.63. The van der Waals surface area contributed by atoms with E-state index in [9.17, 15) is 0 Å². The van der Waals surface area contributed by atoms with Gasteiger partial charge in [-0.05, 0) is 34.4 Å². The zero-order valence-corrected chi connectivity index (χ0v) is 19.2. The average Bonchev–Trinajstić information content (AvgIpc) is 2.76. The summed E-state index contributed by atoms with van der Waals surface area (Å²) in [7, 11) is 1.87. The van der Waals surface area contributed by atoms with Crippen molar-refractivity contribution in [3.05, 3.63) is 94.0 Å². The summed E-state index contributed by atoms with van der Waals surface area (Å²) in [5.74, 6) is 5.73. The fourth-order valence-electron chi connectivity index (χ4n) is 5.15. The van der Waals surface area contributed by atoms with Crippen LogP contribution in [0, 0.1) is 11.5 Å². The highest BCUT2D eigenvalue weighted by atomic mass is 28.3. The average molecular weight is 411 g/mol. The molecule has 0 spiro atoms. The van der Waals surface area contributed by atoms with E-state index in [1.165, 1.54) is 27.8 Å². The summed E-state index contributed by atoms with van der Waals surface area (Å²) >= 11 is 0. The predicted molar refractivity (Wildman–Crippen MR) is 124 cm³/mol. The number of hydrogen-bond donors (Lipinski definition) is 0. The van der Waals surface area contributed by atoms with Gasteiger partial charge in [0, 0.05) is 17.0 Å². The smallest absolute Gasteiger partial charge is 0.129 e. The first-order valence-electron chi connectivity index (χ1n) is 10.4. The number of rotatable bonds is 2. The Morgan fingerprint density at radius 3 is 1.83 bits per heavy atom. The van der Waals surface area contributed by atoms with Gasteiger partial charge in [-0.15, -0.1) is 5.54 Å². The summed E-state index contributed by atoms with van der Waals surface area (Å²) in [6, 6.07) is 21.6. The molecule has 3 heteroatoms. The van der Waals surface area contributed by atoms with Crippen molar-refractivity contribution in [2.75, 3.05) is 14.2 Å². The number of hydrogen-bond acceptors (Lipinski definition) is 2. The van der Waals surface area contributed by atoms with E-state index < -0.39 is 13.5 Å². The number of methoxy groups -OCH3 is 2. The molecule has 150 valence electrons. The third-order valence-electron chi connectivity index (χ3n) is 6.25. The Kier molecular flexibility index (Phi) is 4.13. The second-order valence-corrected chi connectivity index (χ2v) is 13.9. The molecular weight excluding hydrogens is 384 g/mol. The Hall–Kier alpha value is -2.96. The Balaban J connectivity index is 2.02. The van der Waals surface area contributed by atoms with Gasteiger partial charge in [0.05, 0.1) is 14.2 Å². The van der Waals surface area contributed by atoms with Gasteiger partial charge in [0.25, 0.3) is 0 Å². The SMILES string of the molecule is COc1ccc(OC)c2c1C1c3ccccc3C2(C#C[Si](C)(C)C)c2ccccc21. The molecule has 0 fully saturated rings. The maximum absolute atomic E-state index is 5.94. The second kappa shape index (κ2) is 6.52. The molecule has 0 heterocycles. The molecule has 0 amide bonds. The van der Waals surface area contributed by atoms with Crippen molar-refractivity contribution in [1.82, 2.24) is 0 Å². The molecule has 3 aliphatic rings. The van der Waals surface area contributed by atoms with E-state index in [4.69, 9.17) is 9.47 Å². The van der Waals surface area contributed by atoms with Crippen molar-refractivity contribution in [3.8, 4) is 23.0 Å². The standard InChI is InChI=1S/C27H26O2Si/c1-28-22-14-15-23(29-2)26-25(22)24-18-10-6-8-12-20(18)27(26,16-17-30(3,4)5)21-13-9-7-11-19(21)24/h6-15,24H,1-5H3. The van der Waals surface area contributed by atoms with Gasteiger partial charge < -0.3 is 9.47 Å². The molecule has 0 saturated carbocycles. The zero-order valence-electron chi connectivity index (χ0n) is 18.2. The van der Waals surface area contributed by atoms with Crippen LogP contribution in [0.2, 0.25) is 19.6 Å². The lowest BCUT2D eigenvalue weighted by Crippen LogP contribution is -2.42. The number of ether oxygens (including phenoxy) is 2. The van der Waals surface area contributed by atoms with E-state index in [1.807, 2.05) is 12.1 Å². The third-order valence-corrected chi connectivity index (χ3v) is 7.12. The summed E-state index contributed by atoms with van der Waals surface area (Å²) < 4.78 is 11.8. The van der Waals surface area contributed by atoms with Crippen LogP contribution in [-0.2, 0) is 5.41 Å². The van der Waals surface area contributed by atoms with E-state index in [-0.39, 0.29) is 5.92 Å². The first-order chi connectivity index (χ1) is 14.4. The molecule has 30 heavy (non-hydrogen) atoms. The minimum Gasteiger partial charge on any atom is -0.496 e. The highest BCUT2D eigenvalue weighted by Crippen LogP contribution is 2.62. The van der Waals surface area contributed by atoms with E-state index in [1.54, 1.807) is 14.2 Å². The first kappa shape index (κ1) is 19.0. The van der Waals surface area contributed by atoms with E-state index in [0.29, 0.717) is 0 Å². The van der Waals surface area contributed by atoms with Crippen molar-refractivity contribution in [2.24, 2.45) is 0 Å². The molecule has 2 bridgehead atoms. The molecule has 3 aromatic carbocycles. The fourth-order valence-corrected chi connectivity index (χ4v) is 5.72. The molecule has 0 unspecified atom stereocenters. The Morgan fingerprint density at radius 1 is 0.767 bits per heavy atom. The molecule has 6 rings (SSSR count). The molecule has 2 nitrogen and oxygen atoms in total. The topological polar surface area (TPSA) is 18.5 Å². The van der Waals surface area contributed by atoms with Gasteiger partial charge in [-0.2, -0.15) is 0 Å². The number of benzene rings is 3. The predicted octanol–water partition coefficient (Wildman–Crippen LogP) is 5.73. The highest BCUT2D eigenvalue weighted by molar-refractivity contribution is 6.83. The monoisotopic (exact) mass is 410 g/mol. The van der Waals surface area contributed by atoms with Crippen LogP contribution in [-0.4, -0.2) is 22.3 Å². The van der Waals surface area contributed by atoms with Crippen LogP contribution in [0.3, 0.4) is 0 Å². The molecule has 3 aliphatic carbocycles. The Labute approximate surface area is 179 Å². The van der Waals surface area contributed by atoms with Crippen LogP contribution >= 0.6 is 0 Å². The molecule has 0 atom stereocenters. The van der Waals surface area contributed by atoms with Crippen LogP contribution in [0.4, 0.5) is 0 Å². The molecule has 0 saturated heterocycles. The third kappa shape index (κ3) is 2.44. The second-order valence-electron chi connectivity index (χ2n) is 9.12. The molecule has 0 N–H and O–H groups in total. The van der Waals surface area contributed by atoms with Gasteiger partial charge in [-0.3, -0.25) is 0 Å². The van der Waals surface area contributed by atoms with Crippen molar-refractivity contribution in [2.45, 2.75) is 31.0 Å². The van der Waals surface area contributed by atoms with Gasteiger partial charge in [-0.25, -0.2) is 0 Å². The van der Waals surface area contributed by atoms with E-state index in [0.717, 1.165) is 17.1 Å². The van der Waals surface area contributed by atoms with Crippen molar-refractivity contribution in [3.63, 3.8) is 0 Å². The quantitative estimate of drug-likeness (QED) is 0.397. The van der Waals surface area contributed by atoms with Crippen molar-refractivity contribution in [1.29, 1.82) is 0 Å². The van der Waals surface area contributed by atoms with Crippen molar-refractivity contribution < 1.29 is 9.47 Å². The molecule has 3 aromatic rings.